The molecule has 1 heterocycles. The molecule has 1 saturated heterocycles. The number of benzene rings is 1. The Morgan fingerprint density at radius 3 is 2.90 bits per heavy atom. The molecule has 2 rings (SSSR count). The van der Waals surface area contributed by atoms with Gasteiger partial charge in [0.1, 0.15) is 0 Å². The van der Waals surface area contributed by atoms with Gasteiger partial charge in [0.25, 0.3) is 0 Å². The van der Waals surface area contributed by atoms with E-state index < -0.39 is 0 Å². The number of rotatable bonds is 7. The van der Waals surface area contributed by atoms with Gasteiger partial charge in [-0.15, -0.1) is 0 Å². The van der Waals surface area contributed by atoms with Crippen molar-refractivity contribution in [2.45, 2.75) is 50.2 Å². The first kappa shape index (κ1) is 15.6. The fourth-order valence-electron chi connectivity index (χ4n) is 2.20. The summed E-state index contributed by atoms with van der Waals surface area (Å²) in [5.74, 6) is 0. The van der Waals surface area contributed by atoms with E-state index in [4.69, 9.17) is 9.47 Å². The van der Waals surface area contributed by atoms with Gasteiger partial charge in [0.05, 0.1) is 6.61 Å². The summed E-state index contributed by atoms with van der Waals surface area (Å²) < 4.78 is 11.4. The molecular formula is C17H24O2S. The molecule has 0 saturated carbocycles. The molecule has 0 bridgehead atoms. The summed E-state index contributed by atoms with van der Waals surface area (Å²) in [5, 5.41) is 0. The van der Waals surface area contributed by atoms with Crippen LogP contribution in [0.4, 0.5) is 0 Å². The van der Waals surface area contributed by atoms with Crippen molar-refractivity contribution in [3.63, 3.8) is 0 Å². The van der Waals surface area contributed by atoms with Crippen molar-refractivity contribution in [3.8, 4) is 0 Å². The Morgan fingerprint density at radius 1 is 1.35 bits per heavy atom. The number of allylic oxidation sites excluding steroid dienone is 1. The van der Waals surface area contributed by atoms with Crippen LogP contribution < -0.4 is 0 Å². The zero-order chi connectivity index (χ0) is 14.0. The van der Waals surface area contributed by atoms with Gasteiger partial charge in [-0.25, -0.2) is 0 Å². The highest BCUT2D eigenvalue weighted by molar-refractivity contribution is 8.03. The molecule has 0 radical (unpaired) electrons. The molecule has 1 aliphatic heterocycles. The number of hydrogen-bond acceptors (Lipinski definition) is 3. The van der Waals surface area contributed by atoms with E-state index in [9.17, 15) is 0 Å². The van der Waals surface area contributed by atoms with Crippen LogP contribution in [0.1, 0.15) is 39.0 Å². The highest BCUT2D eigenvalue weighted by Crippen LogP contribution is 2.29. The molecule has 1 fully saturated rings. The van der Waals surface area contributed by atoms with Crippen LogP contribution in [0.5, 0.6) is 0 Å². The van der Waals surface area contributed by atoms with Crippen LogP contribution in [0.3, 0.4) is 0 Å². The molecule has 1 aromatic rings. The van der Waals surface area contributed by atoms with E-state index in [0.29, 0.717) is 0 Å². The summed E-state index contributed by atoms with van der Waals surface area (Å²) in [6, 6.07) is 10.5. The fraction of sp³-hybridized carbons (Fsp3) is 0.529. The number of thioether (sulfide) groups is 1. The Bertz CT molecular complexity index is 397. The zero-order valence-corrected chi connectivity index (χ0v) is 13.0. The van der Waals surface area contributed by atoms with Crippen LogP contribution in [0.25, 0.3) is 0 Å². The van der Waals surface area contributed by atoms with Crippen molar-refractivity contribution >= 4 is 11.8 Å². The van der Waals surface area contributed by atoms with E-state index in [1.54, 1.807) is 0 Å². The summed E-state index contributed by atoms with van der Waals surface area (Å²) in [7, 11) is 0. The molecule has 20 heavy (non-hydrogen) atoms. The molecule has 1 aromatic carbocycles. The third kappa shape index (κ3) is 5.70. The average Bonchev–Trinajstić information content (AvgIpc) is 2.49. The van der Waals surface area contributed by atoms with Gasteiger partial charge in [-0.05, 0) is 42.7 Å². The maximum Gasteiger partial charge on any atom is 0.157 e. The van der Waals surface area contributed by atoms with Gasteiger partial charge < -0.3 is 9.47 Å². The highest BCUT2D eigenvalue weighted by Gasteiger charge is 2.13. The van der Waals surface area contributed by atoms with Crippen LogP contribution in [-0.2, 0) is 9.47 Å². The summed E-state index contributed by atoms with van der Waals surface area (Å²) >= 11 is 1.84. The lowest BCUT2D eigenvalue weighted by Crippen LogP contribution is -2.22. The molecule has 1 aliphatic rings. The van der Waals surface area contributed by atoms with Crippen LogP contribution in [0, 0.1) is 0 Å². The monoisotopic (exact) mass is 292 g/mol. The maximum atomic E-state index is 5.82. The van der Waals surface area contributed by atoms with Gasteiger partial charge in [0, 0.05) is 17.9 Å². The van der Waals surface area contributed by atoms with Crippen molar-refractivity contribution in [3.05, 3.63) is 41.3 Å². The first-order chi connectivity index (χ1) is 9.88. The van der Waals surface area contributed by atoms with E-state index >= 15 is 0 Å². The smallest absolute Gasteiger partial charge is 0.157 e. The van der Waals surface area contributed by atoms with Gasteiger partial charge >= 0.3 is 0 Å². The van der Waals surface area contributed by atoms with Gasteiger partial charge in [-0.3, -0.25) is 0 Å². The van der Waals surface area contributed by atoms with Crippen LogP contribution in [-0.4, -0.2) is 19.5 Å². The normalized spacial score (nSPS) is 20.1. The molecular weight excluding hydrogens is 268 g/mol. The van der Waals surface area contributed by atoms with Crippen molar-refractivity contribution in [1.82, 2.24) is 0 Å². The molecule has 0 N–H and O–H groups in total. The minimum Gasteiger partial charge on any atom is -0.353 e. The van der Waals surface area contributed by atoms with Crippen LogP contribution >= 0.6 is 11.8 Å². The number of ether oxygens (including phenoxy) is 2. The quantitative estimate of drug-likeness (QED) is 0.658. The molecule has 0 aromatic heterocycles. The minimum atomic E-state index is 0.0216. The maximum absolute atomic E-state index is 5.82. The van der Waals surface area contributed by atoms with Gasteiger partial charge in [0.2, 0.25) is 0 Å². The van der Waals surface area contributed by atoms with Crippen molar-refractivity contribution in [1.29, 1.82) is 0 Å². The average molecular weight is 292 g/mol. The summed E-state index contributed by atoms with van der Waals surface area (Å²) in [4.78, 5) is 2.68. The third-order valence-electron chi connectivity index (χ3n) is 3.21. The predicted octanol–water partition coefficient (Wildman–Crippen LogP) is 5.01. The second kappa shape index (κ2) is 9.22. The summed E-state index contributed by atoms with van der Waals surface area (Å²) in [6.45, 7) is 3.77. The first-order valence-corrected chi connectivity index (χ1v) is 8.35. The largest absolute Gasteiger partial charge is 0.353 e. The van der Waals surface area contributed by atoms with Crippen molar-refractivity contribution in [2.75, 3.05) is 13.2 Å². The van der Waals surface area contributed by atoms with Crippen LogP contribution in [0.2, 0.25) is 0 Å². The molecule has 0 spiro atoms. The molecule has 0 amide bonds. The van der Waals surface area contributed by atoms with E-state index in [1.807, 2.05) is 11.8 Å². The molecule has 1 unspecified atom stereocenters. The Balaban J connectivity index is 1.76. The van der Waals surface area contributed by atoms with E-state index in [-0.39, 0.29) is 6.29 Å². The molecule has 3 heteroatoms. The number of hydrogen-bond donors (Lipinski definition) is 0. The van der Waals surface area contributed by atoms with Crippen molar-refractivity contribution < 1.29 is 9.47 Å². The molecule has 2 nitrogen and oxygen atoms in total. The standard InChI is InChI=1S/C17H24O2S/c1-2-8-15(20-16-9-4-3-5-10-16)12-14-19-17-11-6-7-13-18-17/h3-5,8-10,17H,2,6-7,11-14H2,1H3/b15-8+. The van der Waals surface area contributed by atoms with E-state index in [2.05, 4.69) is 43.3 Å². The van der Waals surface area contributed by atoms with E-state index in [0.717, 1.165) is 32.5 Å². The molecule has 0 aliphatic carbocycles. The fourth-order valence-corrected chi connectivity index (χ4v) is 3.23. The second-order valence-electron chi connectivity index (χ2n) is 4.91. The summed E-state index contributed by atoms with van der Waals surface area (Å²) in [5.41, 5.74) is 0. The third-order valence-corrected chi connectivity index (χ3v) is 4.35. The van der Waals surface area contributed by atoms with Gasteiger partial charge in [-0.1, -0.05) is 43.0 Å². The van der Waals surface area contributed by atoms with Crippen molar-refractivity contribution in [2.24, 2.45) is 0 Å². The lowest BCUT2D eigenvalue weighted by atomic mass is 10.2. The highest BCUT2D eigenvalue weighted by atomic mass is 32.2. The lowest BCUT2D eigenvalue weighted by molar-refractivity contribution is -0.161. The minimum absolute atomic E-state index is 0.0216. The Hall–Kier alpha value is -0.770. The topological polar surface area (TPSA) is 18.5 Å². The van der Waals surface area contributed by atoms with E-state index in [1.165, 1.54) is 22.6 Å². The van der Waals surface area contributed by atoms with Crippen LogP contribution in [0.15, 0.2) is 46.2 Å². The Labute approximate surface area is 126 Å². The lowest BCUT2D eigenvalue weighted by Gasteiger charge is -2.22. The predicted molar refractivity (Wildman–Crippen MR) is 84.8 cm³/mol. The van der Waals surface area contributed by atoms with Gasteiger partial charge in [-0.2, -0.15) is 0 Å². The Morgan fingerprint density at radius 2 is 2.20 bits per heavy atom. The molecule has 1 atom stereocenters. The SMILES string of the molecule is CC/C=C(\CCOC1CCCCO1)Sc1ccccc1. The first-order valence-electron chi connectivity index (χ1n) is 7.53. The summed E-state index contributed by atoms with van der Waals surface area (Å²) in [6.07, 6.45) is 7.78. The molecule has 110 valence electrons. The zero-order valence-electron chi connectivity index (χ0n) is 12.2. The Kier molecular flexibility index (Phi) is 7.20. The van der Waals surface area contributed by atoms with Gasteiger partial charge in [0.15, 0.2) is 6.29 Å². The second-order valence-corrected chi connectivity index (χ2v) is 6.11.